The van der Waals surface area contributed by atoms with Crippen LogP contribution in [0.3, 0.4) is 0 Å². The molecule has 3 aromatic rings. The maximum Gasteiger partial charge on any atom is 0.325 e. The number of carboxylic acid groups (broad SMARTS) is 1. The van der Waals surface area contributed by atoms with Crippen molar-refractivity contribution in [1.82, 2.24) is 21.3 Å². The summed E-state index contributed by atoms with van der Waals surface area (Å²) >= 11 is 0. The predicted octanol–water partition coefficient (Wildman–Crippen LogP) is -0.166. The van der Waals surface area contributed by atoms with Gasteiger partial charge in [0.05, 0.1) is 12.6 Å². The number of aliphatic carboxylic acids is 1. The van der Waals surface area contributed by atoms with Crippen LogP contribution in [0.5, 0.6) is 17.2 Å². The molecule has 0 bridgehead atoms. The minimum absolute atomic E-state index is 0.0154. The first-order chi connectivity index (χ1) is 21.8. The van der Waals surface area contributed by atoms with Crippen LogP contribution in [0.2, 0.25) is 0 Å². The molecule has 0 unspecified atom stereocenters. The lowest BCUT2D eigenvalue weighted by molar-refractivity contribution is -0.141. The Bertz CT molecular complexity index is 1510. The molecule has 0 spiro atoms. The molecule has 0 aromatic heterocycles. The third-order valence-electron chi connectivity index (χ3n) is 6.92. The molecule has 4 amide bonds. The third kappa shape index (κ3) is 11.1. The number of phenols is 3. The van der Waals surface area contributed by atoms with E-state index in [2.05, 4.69) is 21.3 Å². The SMILES string of the molecule is C[C@@H](NC(=O)[C@@H](Cc1ccc(O)cc1)NC(=O)[C@@H](Cc1ccc(O)cc1)NC(=O)CNC(=O)[C@H](N)Cc1ccc(O)cc1)C(=O)O. The van der Waals surface area contributed by atoms with Gasteiger partial charge in [-0.15, -0.1) is 0 Å². The number of hydrogen-bond acceptors (Lipinski definition) is 9. The fourth-order valence-corrected chi connectivity index (χ4v) is 4.32. The smallest absolute Gasteiger partial charge is 0.325 e. The Morgan fingerprint density at radius 2 is 1.00 bits per heavy atom. The first-order valence-electron chi connectivity index (χ1n) is 14.3. The Kier molecular flexibility index (Phi) is 12.5. The number of carboxylic acids is 1. The number of benzene rings is 3. The molecular formula is C32H37N5O9. The molecule has 4 atom stereocenters. The van der Waals surface area contributed by atoms with Crippen molar-refractivity contribution in [2.75, 3.05) is 6.54 Å². The molecular weight excluding hydrogens is 598 g/mol. The summed E-state index contributed by atoms with van der Waals surface area (Å²) in [5.74, 6) is -4.18. The molecule has 244 valence electrons. The highest BCUT2D eigenvalue weighted by Crippen LogP contribution is 2.14. The van der Waals surface area contributed by atoms with Crippen molar-refractivity contribution in [1.29, 1.82) is 0 Å². The summed E-state index contributed by atoms with van der Waals surface area (Å²) in [5.41, 5.74) is 7.76. The zero-order valence-electron chi connectivity index (χ0n) is 25.0. The van der Waals surface area contributed by atoms with Gasteiger partial charge in [-0.1, -0.05) is 36.4 Å². The van der Waals surface area contributed by atoms with Gasteiger partial charge in [0.1, 0.15) is 35.4 Å². The molecule has 46 heavy (non-hydrogen) atoms. The fourth-order valence-electron chi connectivity index (χ4n) is 4.32. The lowest BCUT2D eigenvalue weighted by atomic mass is 10.0. The van der Waals surface area contributed by atoms with Crippen LogP contribution in [0.15, 0.2) is 72.8 Å². The van der Waals surface area contributed by atoms with Crippen molar-refractivity contribution in [3.8, 4) is 17.2 Å². The number of carbonyl (C=O) groups excluding carboxylic acids is 4. The van der Waals surface area contributed by atoms with Crippen LogP contribution in [-0.2, 0) is 43.2 Å². The van der Waals surface area contributed by atoms with Crippen LogP contribution in [-0.4, -0.2) is 80.7 Å². The molecule has 0 radical (unpaired) electrons. The van der Waals surface area contributed by atoms with Crippen molar-refractivity contribution in [2.45, 2.75) is 50.4 Å². The van der Waals surface area contributed by atoms with E-state index >= 15 is 0 Å². The van der Waals surface area contributed by atoms with Gasteiger partial charge in [-0.3, -0.25) is 24.0 Å². The summed E-state index contributed by atoms with van der Waals surface area (Å²) in [6, 6.07) is 13.1. The van der Waals surface area contributed by atoms with Crippen molar-refractivity contribution in [2.24, 2.45) is 5.73 Å². The van der Waals surface area contributed by atoms with Gasteiger partial charge in [0.25, 0.3) is 0 Å². The van der Waals surface area contributed by atoms with E-state index in [0.717, 1.165) is 0 Å². The quantitative estimate of drug-likeness (QED) is 0.107. The first-order valence-corrected chi connectivity index (χ1v) is 14.3. The maximum atomic E-state index is 13.6. The van der Waals surface area contributed by atoms with Gasteiger partial charge < -0.3 is 47.4 Å². The van der Waals surface area contributed by atoms with Crippen LogP contribution in [0, 0.1) is 0 Å². The van der Waals surface area contributed by atoms with Gasteiger partial charge in [-0.05, 0) is 66.4 Å². The second-order valence-electron chi connectivity index (χ2n) is 10.7. The largest absolute Gasteiger partial charge is 0.508 e. The zero-order chi connectivity index (χ0) is 33.8. The fraction of sp³-hybridized carbons (Fsp3) is 0.281. The zero-order valence-corrected chi connectivity index (χ0v) is 25.0. The summed E-state index contributed by atoms with van der Waals surface area (Å²) in [4.78, 5) is 63.4. The Balaban J connectivity index is 1.73. The standard InChI is InChI=1S/C32H37N5O9/c1-18(32(45)46)35-30(43)27(16-21-6-12-24(40)13-7-21)37-31(44)26(15-20-4-10-23(39)11-5-20)36-28(41)17-34-29(42)25(33)14-19-2-8-22(38)9-3-19/h2-13,18,25-27,38-40H,14-17,33H2,1H3,(H,34,42)(H,35,43)(H,36,41)(H,37,44)(H,45,46)/t18-,25-,26-,27-/m1/s1. The summed E-state index contributed by atoms with van der Waals surface area (Å²) in [6.45, 7) is 0.743. The summed E-state index contributed by atoms with van der Waals surface area (Å²) in [7, 11) is 0. The molecule has 10 N–H and O–H groups in total. The van der Waals surface area contributed by atoms with E-state index in [0.29, 0.717) is 16.7 Å². The number of hydrogen-bond donors (Lipinski definition) is 9. The molecule has 0 aliphatic heterocycles. The molecule has 14 nitrogen and oxygen atoms in total. The van der Waals surface area contributed by atoms with E-state index in [1.165, 1.54) is 55.5 Å². The van der Waals surface area contributed by atoms with Crippen molar-refractivity contribution < 1.29 is 44.4 Å². The minimum Gasteiger partial charge on any atom is -0.508 e. The molecule has 3 rings (SSSR count). The maximum absolute atomic E-state index is 13.6. The normalized spacial score (nSPS) is 13.3. The molecule has 0 heterocycles. The van der Waals surface area contributed by atoms with E-state index in [1.54, 1.807) is 24.3 Å². The molecule has 0 saturated heterocycles. The number of carbonyl (C=O) groups is 5. The summed E-state index contributed by atoms with van der Waals surface area (Å²) in [5, 5.41) is 47.8. The number of phenolic OH excluding ortho intramolecular Hbond substituents is 3. The lowest BCUT2D eigenvalue weighted by Crippen LogP contribution is -2.57. The van der Waals surface area contributed by atoms with Crippen LogP contribution in [0.4, 0.5) is 0 Å². The second-order valence-corrected chi connectivity index (χ2v) is 10.7. The van der Waals surface area contributed by atoms with Crippen LogP contribution in [0.25, 0.3) is 0 Å². The second kappa shape index (κ2) is 16.4. The van der Waals surface area contributed by atoms with Crippen molar-refractivity contribution >= 4 is 29.6 Å². The van der Waals surface area contributed by atoms with Gasteiger partial charge in [0, 0.05) is 12.8 Å². The monoisotopic (exact) mass is 635 g/mol. The number of rotatable bonds is 15. The average molecular weight is 636 g/mol. The molecule has 0 saturated carbocycles. The average Bonchev–Trinajstić information content (AvgIpc) is 3.02. The molecule has 0 fully saturated rings. The predicted molar refractivity (Wildman–Crippen MR) is 166 cm³/mol. The van der Waals surface area contributed by atoms with Gasteiger partial charge >= 0.3 is 5.97 Å². The van der Waals surface area contributed by atoms with Gasteiger partial charge in [0.2, 0.25) is 23.6 Å². The lowest BCUT2D eigenvalue weighted by Gasteiger charge is -2.24. The van der Waals surface area contributed by atoms with Crippen LogP contribution < -0.4 is 27.0 Å². The molecule has 0 aliphatic rings. The van der Waals surface area contributed by atoms with E-state index in [-0.39, 0.29) is 36.5 Å². The van der Waals surface area contributed by atoms with Crippen LogP contribution >= 0.6 is 0 Å². The van der Waals surface area contributed by atoms with Crippen LogP contribution in [0.1, 0.15) is 23.6 Å². The van der Waals surface area contributed by atoms with Crippen molar-refractivity contribution in [3.05, 3.63) is 89.5 Å². The highest BCUT2D eigenvalue weighted by atomic mass is 16.4. The number of aromatic hydroxyl groups is 3. The van der Waals surface area contributed by atoms with Gasteiger partial charge in [-0.25, -0.2) is 0 Å². The summed E-state index contributed by atoms with van der Waals surface area (Å²) < 4.78 is 0. The van der Waals surface area contributed by atoms with E-state index in [4.69, 9.17) is 5.73 Å². The number of nitrogens with one attached hydrogen (secondary N) is 4. The number of nitrogens with two attached hydrogens (primary N) is 1. The Hall–Kier alpha value is -5.63. The Morgan fingerprint density at radius 3 is 1.43 bits per heavy atom. The topological polar surface area (TPSA) is 240 Å². The highest BCUT2D eigenvalue weighted by Gasteiger charge is 2.29. The third-order valence-corrected chi connectivity index (χ3v) is 6.92. The first kappa shape index (κ1) is 34.9. The van der Waals surface area contributed by atoms with Gasteiger partial charge in [-0.2, -0.15) is 0 Å². The van der Waals surface area contributed by atoms with E-state index < -0.39 is 60.3 Å². The Morgan fingerprint density at radius 1 is 0.609 bits per heavy atom. The van der Waals surface area contributed by atoms with E-state index in [9.17, 15) is 44.4 Å². The molecule has 14 heteroatoms. The minimum atomic E-state index is -1.29. The summed E-state index contributed by atoms with van der Waals surface area (Å²) in [6.07, 6.45) is 0.00881. The molecule has 0 aliphatic carbocycles. The Labute approximate surface area is 264 Å². The highest BCUT2D eigenvalue weighted by molar-refractivity contribution is 5.94. The van der Waals surface area contributed by atoms with Gasteiger partial charge in [0.15, 0.2) is 0 Å². The van der Waals surface area contributed by atoms with Crippen molar-refractivity contribution in [3.63, 3.8) is 0 Å². The molecule has 3 aromatic carbocycles. The number of amides is 4. The van der Waals surface area contributed by atoms with E-state index in [1.807, 2.05) is 0 Å².